The van der Waals surface area contributed by atoms with Crippen LogP contribution in [0.3, 0.4) is 0 Å². The maximum atomic E-state index is 12.7. The van der Waals surface area contributed by atoms with Gasteiger partial charge in [-0.15, -0.1) is 0 Å². The van der Waals surface area contributed by atoms with E-state index in [1.54, 1.807) is 60.7 Å². The van der Waals surface area contributed by atoms with E-state index in [0.717, 1.165) is 0 Å². The molecule has 0 saturated carbocycles. The predicted octanol–water partition coefficient (Wildman–Crippen LogP) is 5.77. The summed E-state index contributed by atoms with van der Waals surface area (Å²) in [6, 6.07) is 21.2. The van der Waals surface area contributed by atoms with Crippen LogP contribution in [-0.2, 0) is 0 Å². The molecule has 6 nitrogen and oxygen atoms in total. The SMILES string of the molecule is CC(C)Oc1ccccc1C(=O)Nc1ccc(NC(=O)c2ccccc2OC(C)C)cc1. The van der Waals surface area contributed by atoms with Crippen molar-refractivity contribution in [2.24, 2.45) is 0 Å². The summed E-state index contributed by atoms with van der Waals surface area (Å²) in [5.74, 6) is 0.535. The number of hydrogen-bond donors (Lipinski definition) is 2. The molecular formula is C26H28N2O4. The molecule has 0 aromatic heterocycles. The monoisotopic (exact) mass is 432 g/mol. The van der Waals surface area contributed by atoms with Crippen LogP contribution in [0.4, 0.5) is 11.4 Å². The number of nitrogens with one attached hydrogen (secondary N) is 2. The lowest BCUT2D eigenvalue weighted by Gasteiger charge is -2.15. The topological polar surface area (TPSA) is 76.7 Å². The van der Waals surface area contributed by atoms with Crippen LogP contribution in [0.2, 0.25) is 0 Å². The van der Waals surface area contributed by atoms with Crippen LogP contribution in [0, 0.1) is 0 Å². The Bertz CT molecular complexity index is 989. The average Bonchev–Trinajstić information content (AvgIpc) is 2.75. The summed E-state index contributed by atoms with van der Waals surface area (Å²) in [6.45, 7) is 7.65. The molecule has 6 heteroatoms. The Morgan fingerprint density at radius 1 is 0.594 bits per heavy atom. The van der Waals surface area contributed by atoms with Gasteiger partial charge in [0.2, 0.25) is 0 Å². The average molecular weight is 433 g/mol. The minimum atomic E-state index is -0.266. The standard InChI is InChI=1S/C26H28N2O4/c1-17(2)31-23-11-7-5-9-21(23)25(29)27-19-13-15-20(16-14-19)28-26(30)22-10-6-8-12-24(22)32-18(3)4/h5-18H,1-4H3,(H,27,29)(H,28,30). The number of anilines is 2. The molecule has 0 unspecified atom stereocenters. The molecule has 3 rings (SSSR count). The molecule has 3 aromatic carbocycles. The summed E-state index contributed by atoms with van der Waals surface area (Å²) >= 11 is 0. The fourth-order valence-corrected chi connectivity index (χ4v) is 3.06. The van der Waals surface area contributed by atoms with Crippen molar-refractivity contribution in [1.82, 2.24) is 0 Å². The van der Waals surface area contributed by atoms with E-state index in [9.17, 15) is 9.59 Å². The third-order valence-corrected chi connectivity index (χ3v) is 4.39. The van der Waals surface area contributed by atoms with Crippen LogP contribution in [0.15, 0.2) is 72.8 Å². The van der Waals surface area contributed by atoms with Crippen molar-refractivity contribution in [3.05, 3.63) is 83.9 Å². The zero-order valence-corrected chi connectivity index (χ0v) is 18.7. The fourth-order valence-electron chi connectivity index (χ4n) is 3.06. The van der Waals surface area contributed by atoms with Crippen LogP contribution < -0.4 is 20.1 Å². The number of para-hydroxylation sites is 2. The van der Waals surface area contributed by atoms with E-state index in [-0.39, 0.29) is 24.0 Å². The molecule has 0 saturated heterocycles. The van der Waals surface area contributed by atoms with Crippen molar-refractivity contribution in [3.8, 4) is 11.5 Å². The van der Waals surface area contributed by atoms with Gasteiger partial charge in [0.1, 0.15) is 11.5 Å². The van der Waals surface area contributed by atoms with Crippen LogP contribution in [0.5, 0.6) is 11.5 Å². The first-order valence-corrected chi connectivity index (χ1v) is 10.6. The van der Waals surface area contributed by atoms with Crippen molar-refractivity contribution >= 4 is 23.2 Å². The third kappa shape index (κ3) is 6.11. The Hall–Kier alpha value is -3.80. The van der Waals surface area contributed by atoms with Gasteiger partial charge in [-0.2, -0.15) is 0 Å². The minimum absolute atomic E-state index is 0.0390. The van der Waals surface area contributed by atoms with Crippen molar-refractivity contribution < 1.29 is 19.1 Å². The molecule has 0 atom stereocenters. The molecule has 0 aliphatic carbocycles. The van der Waals surface area contributed by atoms with E-state index in [1.807, 2.05) is 39.8 Å². The summed E-state index contributed by atoms with van der Waals surface area (Å²) in [6.07, 6.45) is -0.0779. The number of hydrogen-bond acceptors (Lipinski definition) is 4. The second kappa shape index (κ2) is 10.5. The number of rotatable bonds is 8. The quantitative estimate of drug-likeness (QED) is 0.474. The number of carbonyl (C=O) groups is 2. The Morgan fingerprint density at radius 2 is 0.938 bits per heavy atom. The summed E-state index contributed by atoms with van der Waals surface area (Å²) in [5.41, 5.74) is 2.13. The zero-order valence-electron chi connectivity index (χ0n) is 18.7. The molecule has 0 spiro atoms. The van der Waals surface area contributed by atoms with Crippen LogP contribution in [-0.4, -0.2) is 24.0 Å². The molecule has 166 valence electrons. The van der Waals surface area contributed by atoms with Crippen molar-refractivity contribution in [2.45, 2.75) is 39.9 Å². The molecule has 32 heavy (non-hydrogen) atoms. The largest absolute Gasteiger partial charge is 0.490 e. The second-order valence-corrected chi connectivity index (χ2v) is 7.81. The lowest BCUT2D eigenvalue weighted by Crippen LogP contribution is -2.16. The summed E-state index contributed by atoms with van der Waals surface area (Å²) < 4.78 is 11.4. The van der Waals surface area contributed by atoms with E-state index >= 15 is 0 Å². The Morgan fingerprint density at radius 3 is 1.28 bits per heavy atom. The summed E-state index contributed by atoms with van der Waals surface area (Å²) in [7, 11) is 0. The van der Waals surface area contributed by atoms with Crippen LogP contribution in [0.1, 0.15) is 48.4 Å². The lowest BCUT2D eigenvalue weighted by atomic mass is 10.1. The molecule has 0 bridgehead atoms. The smallest absolute Gasteiger partial charge is 0.259 e. The molecular weight excluding hydrogens is 404 g/mol. The van der Waals surface area contributed by atoms with Gasteiger partial charge in [0.05, 0.1) is 23.3 Å². The van der Waals surface area contributed by atoms with Gasteiger partial charge in [0.15, 0.2) is 0 Å². The van der Waals surface area contributed by atoms with Crippen molar-refractivity contribution in [2.75, 3.05) is 10.6 Å². The highest BCUT2D eigenvalue weighted by Gasteiger charge is 2.15. The highest BCUT2D eigenvalue weighted by Crippen LogP contribution is 2.23. The molecule has 0 aliphatic heterocycles. The van der Waals surface area contributed by atoms with Gasteiger partial charge >= 0.3 is 0 Å². The second-order valence-electron chi connectivity index (χ2n) is 7.81. The fraction of sp³-hybridized carbons (Fsp3) is 0.231. The van der Waals surface area contributed by atoms with E-state index in [0.29, 0.717) is 34.0 Å². The minimum Gasteiger partial charge on any atom is -0.490 e. The number of benzene rings is 3. The predicted molar refractivity (Wildman–Crippen MR) is 127 cm³/mol. The first kappa shape index (κ1) is 22.9. The highest BCUT2D eigenvalue weighted by atomic mass is 16.5. The van der Waals surface area contributed by atoms with E-state index in [2.05, 4.69) is 10.6 Å². The number of ether oxygens (including phenoxy) is 2. The van der Waals surface area contributed by atoms with E-state index in [1.165, 1.54) is 0 Å². The third-order valence-electron chi connectivity index (χ3n) is 4.39. The highest BCUT2D eigenvalue weighted by molar-refractivity contribution is 6.07. The van der Waals surface area contributed by atoms with Gasteiger partial charge in [0.25, 0.3) is 11.8 Å². The molecule has 2 N–H and O–H groups in total. The lowest BCUT2D eigenvalue weighted by molar-refractivity contribution is 0.101. The molecule has 0 aliphatic rings. The maximum Gasteiger partial charge on any atom is 0.259 e. The van der Waals surface area contributed by atoms with E-state index in [4.69, 9.17) is 9.47 Å². The van der Waals surface area contributed by atoms with Crippen LogP contribution in [0.25, 0.3) is 0 Å². The first-order chi connectivity index (χ1) is 15.3. The van der Waals surface area contributed by atoms with E-state index < -0.39 is 0 Å². The van der Waals surface area contributed by atoms with Crippen molar-refractivity contribution in [3.63, 3.8) is 0 Å². The first-order valence-electron chi connectivity index (χ1n) is 10.6. The molecule has 0 heterocycles. The molecule has 0 fully saturated rings. The molecule has 0 radical (unpaired) electrons. The summed E-state index contributed by atoms with van der Waals surface area (Å²) in [4.78, 5) is 25.4. The Kier molecular flexibility index (Phi) is 7.49. The maximum absolute atomic E-state index is 12.7. The number of amides is 2. The summed E-state index contributed by atoms with van der Waals surface area (Å²) in [5, 5.41) is 5.73. The van der Waals surface area contributed by atoms with Gasteiger partial charge in [-0.05, 0) is 76.2 Å². The Balaban J connectivity index is 1.68. The van der Waals surface area contributed by atoms with Crippen molar-refractivity contribution in [1.29, 1.82) is 0 Å². The van der Waals surface area contributed by atoms with Gasteiger partial charge < -0.3 is 20.1 Å². The van der Waals surface area contributed by atoms with Gasteiger partial charge in [-0.3, -0.25) is 9.59 Å². The van der Waals surface area contributed by atoms with Gasteiger partial charge in [0, 0.05) is 11.4 Å². The number of carbonyl (C=O) groups excluding carboxylic acids is 2. The Labute approximate surface area is 188 Å². The normalized spacial score (nSPS) is 10.7. The van der Waals surface area contributed by atoms with Crippen LogP contribution >= 0.6 is 0 Å². The molecule has 2 amide bonds. The van der Waals surface area contributed by atoms with Gasteiger partial charge in [-0.25, -0.2) is 0 Å². The van der Waals surface area contributed by atoms with Gasteiger partial charge in [-0.1, -0.05) is 24.3 Å². The molecule has 3 aromatic rings. The zero-order chi connectivity index (χ0) is 23.1.